The highest BCUT2D eigenvalue weighted by Gasteiger charge is 2.37. The molecule has 1 atom stereocenters. The molecule has 0 radical (unpaired) electrons. The van der Waals surface area contributed by atoms with E-state index < -0.39 is 10.0 Å². The van der Waals surface area contributed by atoms with Gasteiger partial charge in [0.15, 0.2) is 0 Å². The molecule has 3 aliphatic heterocycles. The maximum atomic E-state index is 13.4. The van der Waals surface area contributed by atoms with E-state index in [1.807, 2.05) is 15.8 Å². The van der Waals surface area contributed by atoms with Crippen LogP contribution < -0.4 is 4.90 Å². The Hall–Kier alpha value is -2.26. The van der Waals surface area contributed by atoms with E-state index in [-0.39, 0.29) is 11.9 Å². The van der Waals surface area contributed by atoms with Gasteiger partial charge in [0.25, 0.3) is 0 Å². The van der Waals surface area contributed by atoms with Crippen molar-refractivity contribution in [1.82, 2.24) is 19.3 Å². The lowest BCUT2D eigenvalue weighted by Gasteiger charge is -2.26. The Morgan fingerprint density at radius 1 is 1.00 bits per heavy atom. The number of hydrogen-bond acceptors (Lipinski definition) is 5. The minimum Gasteiger partial charge on any atom is -0.312 e. The van der Waals surface area contributed by atoms with Gasteiger partial charge in [-0.3, -0.25) is 4.79 Å². The van der Waals surface area contributed by atoms with E-state index in [1.54, 1.807) is 16.4 Å². The van der Waals surface area contributed by atoms with Crippen LogP contribution in [0.25, 0.3) is 0 Å². The number of anilines is 1. The van der Waals surface area contributed by atoms with Gasteiger partial charge in [0.1, 0.15) is 0 Å². The SMILES string of the molecule is O=C1CCc2cc(S(=O)(=O)N3CCC(n4cc(C5CC5)nn4)C3)cc3c2N1CC3. The Labute approximate surface area is 169 Å². The highest BCUT2D eigenvalue weighted by atomic mass is 32.2. The molecule has 4 aliphatic rings. The third kappa shape index (κ3) is 2.74. The molecule has 1 saturated carbocycles. The Bertz CT molecular complexity index is 1120. The molecule has 8 nitrogen and oxygen atoms in total. The van der Waals surface area contributed by atoms with Gasteiger partial charge in [-0.2, -0.15) is 4.31 Å². The van der Waals surface area contributed by atoms with Crippen LogP contribution in [-0.4, -0.2) is 53.3 Å². The Balaban J connectivity index is 1.27. The van der Waals surface area contributed by atoms with Crippen molar-refractivity contribution in [2.45, 2.75) is 55.4 Å². The van der Waals surface area contributed by atoms with Crippen LogP contribution in [0.2, 0.25) is 0 Å². The van der Waals surface area contributed by atoms with Crippen LogP contribution in [0.15, 0.2) is 23.2 Å². The van der Waals surface area contributed by atoms with Gasteiger partial charge >= 0.3 is 0 Å². The molecule has 1 aromatic carbocycles. The molecule has 0 N–H and O–H groups in total. The minimum atomic E-state index is -3.57. The van der Waals surface area contributed by atoms with Crippen LogP contribution in [0.5, 0.6) is 0 Å². The largest absolute Gasteiger partial charge is 0.312 e. The molecule has 1 aliphatic carbocycles. The van der Waals surface area contributed by atoms with Gasteiger partial charge in [-0.25, -0.2) is 13.1 Å². The van der Waals surface area contributed by atoms with Crippen molar-refractivity contribution >= 4 is 21.6 Å². The van der Waals surface area contributed by atoms with E-state index in [1.165, 1.54) is 12.8 Å². The highest BCUT2D eigenvalue weighted by molar-refractivity contribution is 7.89. The van der Waals surface area contributed by atoms with Crippen molar-refractivity contribution in [2.24, 2.45) is 0 Å². The zero-order chi connectivity index (χ0) is 19.8. The molecule has 2 aromatic rings. The number of rotatable bonds is 4. The lowest BCUT2D eigenvalue weighted by Crippen LogP contribution is -2.33. The average molecular weight is 414 g/mol. The summed E-state index contributed by atoms with van der Waals surface area (Å²) in [6.07, 6.45) is 6.88. The molecular formula is C20H23N5O3S. The number of amides is 1. The lowest BCUT2D eigenvalue weighted by molar-refractivity contribution is -0.118. The number of aromatic nitrogens is 3. The smallest absolute Gasteiger partial charge is 0.243 e. The van der Waals surface area contributed by atoms with E-state index in [0.29, 0.717) is 43.3 Å². The monoisotopic (exact) mass is 413 g/mol. The fourth-order valence-corrected chi connectivity index (χ4v) is 6.50. The summed E-state index contributed by atoms with van der Waals surface area (Å²) in [5.41, 5.74) is 3.95. The van der Waals surface area contributed by atoms with Crippen molar-refractivity contribution in [1.29, 1.82) is 0 Å². The number of aryl methyl sites for hydroxylation is 1. The average Bonchev–Trinajstić information content (AvgIpc) is 3.14. The van der Waals surface area contributed by atoms with E-state index in [0.717, 1.165) is 35.3 Å². The Kier molecular flexibility index (Phi) is 3.71. The summed E-state index contributed by atoms with van der Waals surface area (Å²) < 4.78 is 30.2. The summed E-state index contributed by atoms with van der Waals surface area (Å²) in [6.45, 7) is 1.57. The first kappa shape index (κ1) is 17.6. The number of hydrogen-bond donors (Lipinski definition) is 0. The van der Waals surface area contributed by atoms with Gasteiger partial charge in [0.2, 0.25) is 15.9 Å². The first-order valence-electron chi connectivity index (χ1n) is 10.4. The molecule has 2 fully saturated rings. The molecule has 1 amide bonds. The zero-order valence-electron chi connectivity index (χ0n) is 16.1. The van der Waals surface area contributed by atoms with Crippen LogP contribution in [0.3, 0.4) is 0 Å². The molecule has 9 heteroatoms. The summed E-state index contributed by atoms with van der Waals surface area (Å²) in [4.78, 5) is 14.3. The first-order valence-corrected chi connectivity index (χ1v) is 11.8. The summed E-state index contributed by atoms with van der Waals surface area (Å²) in [6, 6.07) is 3.60. The highest BCUT2D eigenvalue weighted by Crippen LogP contribution is 2.40. The Morgan fingerprint density at radius 2 is 1.79 bits per heavy atom. The van der Waals surface area contributed by atoms with Crippen LogP contribution in [0.1, 0.15) is 54.5 Å². The number of benzene rings is 1. The molecule has 0 spiro atoms. The van der Waals surface area contributed by atoms with Gasteiger partial charge in [-0.15, -0.1) is 5.10 Å². The molecule has 152 valence electrons. The molecule has 4 heterocycles. The number of nitrogens with zero attached hydrogens (tertiary/aromatic N) is 5. The molecule has 0 bridgehead atoms. The number of carbonyl (C=O) groups is 1. The second-order valence-corrected chi connectivity index (χ2v) is 10.5. The van der Waals surface area contributed by atoms with Crippen molar-refractivity contribution < 1.29 is 13.2 Å². The maximum Gasteiger partial charge on any atom is 0.243 e. The van der Waals surface area contributed by atoms with Crippen molar-refractivity contribution in [3.8, 4) is 0 Å². The predicted octanol–water partition coefficient (Wildman–Crippen LogP) is 1.63. The van der Waals surface area contributed by atoms with Gasteiger partial charge in [0, 0.05) is 38.2 Å². The van der Waals surface area contributed by atoms with Crippen molar-refractivity contribution in [3.63, 3.8) is 0 Å². The predicted molar refractivity (Wildman–Crippen MR) is 105 cm³/mol. The molecule has 1 unspecified atom stereocenters. The third-order valence-corrected chi connectivity index (χ3v) is 8.53. The minimum absolute atomic E-state index is 0.0330. The summed E-state index contributed by atoms with van der Waals surface area (Å²) >= 11 is 0. The topological polar surface area (TPSA) is 88.4 Å². The van der Waals surface area contributed by atoms with Gasteiger partial charge in [0.05, 0.1) is 22.3 Å². The molecular weight excluding hydrogens is 390 g/mol. The zero-order valence-corrected chi connectivity index (χ0v) is 16.9. The normalized spacial score (nSPS) is 24.3. The molecule has 6 rings (SSSR count). The third-order valence-electron chi connectivity index (χ3n) is 6.69. The Morgan fingerprint density at radius 3 is 2.59 bits per heavy atom. The lowest BCUT2D eigenvalue weighted by atomic mass is 10.00. The first-order chi connectivity index (χ1) is 14.0. The van der Waals surface area contributed by atoms with Crippen molar-refractivity contribution in [3.05, 3.63) is 35.2 Å². The van der Waals surface area contributed by atoms with Crippen LogP contribution in [0, 0.1) is 0 Å². The summed E-state index contributed by atoms with van der Waals surface area (Å²) in [5.74, 6) is 0.687. The van der Waals surface area contributed by atoms with E-state index in [2.05, 4.69) is 10.3 Å². The molecule has 1 saturated heterocycles. The molecule has 1 aromatic heterocycles. The van der Waals surface area contributed by atoms with E-state index >= 15 is 0 Å². The van der Waals surface area contributed by atoms with Crippen LogP contribution in [-0.2, 0) is 27.7 Å². The fraction of sp³-hybridized carbons (Fsp3) is 0.550. The van der Waals surface area contributed by atoms with Crippen molar-refractivity contribution in [2.75, 3.05) is 24.5 Å². The quantitative estimate of drug-likeness (QED) is 0.760. The summed E-state index contributed by atoms with van der Waals surface area (Å²) in [5, 5.41) is 8.52. The van der Waals surface area contributed by atoms with Crippen LogP contribution >= 0.6 is 0 Å². The number of carbonyl (C=O) groups excluding carboxylic acids is 1. The van der Waals surface area contributed by atoms with E-state index in [4.69, 9.17) is 0 Å². The number of sulfonamides is 1. The second-order valence-electron chi connectivity index (χ2n) is 8.59. The standard InChI is InChI=1S/C20H23N5O3S/c26-19-4-3-14-9-17(10-15-5-8-24(19)20(14)15)29(27,28)23-7-6-16(11-23)25-12-18(21-22-25)13-1-2-13/h9-10,12-13,16H,1-8,11H2. The second kappa shape index (κ2) is 6.12. The maximum absolute atomic E-state index is 13.4. The van der Waals surface area contributed by atoms with Gasteiger partial charge in [-0.1, -0.05) is 5.21 Å². The van der Waals surface area contributed by atoms with Crippen LogP contribution in [0.4, 0.5) is 5.69 Å². The molecule has 29 heavy (non-hydrogen) atoms. The van der Waals surface area contributed by atoms with Gasteiger partial charge < -0.3 is 4.90 Å². The fourth-order valence-electron chi connectivity index (χ4n) is 4.90. The van der Waals surface area contributed by atoms with E-state index in [9.17, 15) is 13.2 Å². The van der Waals surface area contributed by atoms with Gasteiger partial charge in [-0.05, 0) is 55.4 Å². The summed E-state index contributed by atoms with van der Waals surface area (Å²) in [7, 11) is -3.57.